The average Bonchev–Trinajstić information content (AvgIpc) is 2.41. The van der Waals surface area contributed by atoms with Crippen LogP contribution in [0, 0.1) is 18.7 Å². The molecule has 1 unspecified atom stereocenters. The summed E-state index contributed by atoms with van der Waals surface area (Å²) in [5, 5.41) is 3.35. The second-order valence-electron chi connectivity index (χ2n) is 5.72. The predicted octanol–water partition coefficient (Wildman–Crippen LogP) is 5.33. The van der Waals surface area contributed by atoms with Crippen molar-refractivity contribution in [3.8, 4) is 0 Å². The van der Waals surface area contributed by atoms with Crippen LogP contribution in [-0.2, 0) is 0 Å². The average molecular weight is 271 g/mol. The van der Waals surface area contributed by atoms with Crippen LogP contribution in [0.1, 0.15) is 37.4 Å². The van der Waals surface area contributed by atoms with Crippen LogP contribution in [0.3, 0.4) is 0 Å². The molecule has 1 nitrogen and oxygen atoms in total. The second kappa shape index (κ2) is 6.56. The van der Waals surface area contributed by atoms with Crippen molar-refractivity contribution >= 4 is 5.69 Å². The quantitative estimate of drug-likeness (QED) is 0.774. The highest BCUT2D eigenvalue weighted by Crippen LogP contribution is 2.27. The van der Waals surface area contributed by atoms with E-state index in [-0.39, 0.29) is 11.9 Å². The van der Waals surface area contributed by atoms with Crippen molar-refractivity contribution in [2.45, 2.75) is 33.2 Å². The number of nitrogens with one attached hydrogen (secondary N) is 1. The van der Waals surface area contributed by atoms with Crippen molar-refractivity contribution in [2.75, 3.05) is 5.32 Å². The molecule has 0 spiro atoms. The highest BCUT2D eigenvalue weighted by molar-refractivity contribution is 5.48. The Hall–Kier alpha value is -1.83. The van der Waals surface area contributed by atoms with Gasteiger partial charge in [0.25, 0.3) is 0 Å². The van der Waals surface area contributed by atoms with E-state index in [0.29, 0.717) is 11.6 Å². The minimum absolute atomic E-state index is 0.133. The molecule has 0 saturated carbocycles. The van der Waals surface area contributed by atoms with Gasteiger partial charge in [-0.25, -0.2) is 4.39 Å². The molecule has 1 atom stereocenters. The Morgan fingerprint density at radius 2 is 1.75 bits per heavy atom. The molecule has 0 aliphatic carbocycles. The van der Waals surface area contributed by atoms with Crippen molar-refractivity contribution in [1.29, 1.82) is 0 Å². The summed E-state index contributed by atoms with van der Waals surface area (Å²) in [7, 11) is 0. The fourth-order valence-electron chi connectivity index (χ4n) is 2.36. The Labute approximate surface area is 120 Å². The molecule has 0 radical (unpaired) electrons. The van der Waals surface area contributed by atoms with Crippen molar-refractivity contribution in [3.05, 3.63) is 65.5 Å². The van der Waals surface area contributed by atoms with Gasteiger partial charge in [-0.15, -0.1) is 0 Å². The van der Waals surface area contributed by atoms with E-state index in [1.165, 1.54) is 5.56 Å². The highest BCUT2D eigenvalue weighted by Gasteiger charge is 2.14. The van der Waals surface area contributed by atoms with E-state index in [1.54, 1.807) is 6.07 Å². The van der Waals surface area contributed by atoms with E-state index in [2.05, 4.69) is 31.3 Å². The summed E-state index contributed by atoms with van der Waals surface area (Å²) in [5.74, 6) is 0.357. The van der Waals surface area contributed by atoms with Crippen molar-refractivity contribution < 1.29 is 4.39 Å². The number of anilines is 1. The molecular formula is C18H22FN. The third kappa shape index (κ3) is 3.83. The summed E-state index contributed by atoms with van der Waals surface area (Å²) >= 11 is 0. The molecule has 0 amide bonds. The molecule has 20 heavy (non-hydrogen) atoms. The maximum Gasteiger partial charge on any atom is 0.146 e. The number of rotatable bonds is 5. The van der Waals surface area contributed by atoms with Crippen LogP contribution in [0.2, 0.25) is 0 Å². The molecule has 2 rings (SSSR count). The molecule has 0 bridgehead atoms. The third-order valence-electron chi connectivity index (χ3n) is 3.36. The van der Waals surface area contributed by atoms with Crippen LogP contribution in [0.5, 0.6) is 0 Å². The predicted molar refractivity (Wildman–Crippen MR) is 83.4 cm³/mol. The second-order valence-corrected chi connectivity index (χ2v) is 5.72. The fraction of sp³-hybridized carbons (Fsp3) is 0.333. The third-order valence-corrected chi connectivity index (χ3v) is 3.36. The van der Waals surface area contributed by atoms with E-state index < -0.39 is 0 Å². The standard InChI is InChI=1S/C18H22FN/c1-13(2)11-18(15-7-5-4-6-8-15)20-17-10-9-14(3)12-16(17)19/h4-10,12-13,18,20H,11H2,1-3H3. The lowest BCUT2D eigenvalue weighted by atomic mass is 9.96. The normalized spacial score (nSPS) is 12.4. The van der Waals surface area contributed by atoms with Gasteiger partial charge in [-0.2, -0.15) is 0 Å². The van der Waals surface area contributed by atoms with Crippen molar-refractivity contribution in [1.82, 2.24) is 0 Å². The van der Waals surface area contributed by atoms with Gasteiger partial charge in [0, 0.05) is 0 Å². The fourth-order valence-corrected chi connectivity index (χ4v) is 2.36. The van der Waals surface area contributed by atoms with Gasteiger partial charge >= 0.3 is 0 Å². The van der Waals surface area contributed by atoms with E-state index >= 15 is 0 Å². The molecule has 2 aromatic carbocycles. The Morgan fingerprint density at radius 1 is 1.05 bits per heavy atom. The monoisotopic (exact) mass is 271 g/mol. The van der Waals surface area contributed by atoms with Gasteiger partial charge in [0.15, 0.2) is 0 Å². The Kier molecular flexibility index (Phi) is 4.78. The zero-order valence-corrected chi connectivity index (χ0v) is 12.4. The summed E-state index contributed by atoms with van der Waals surface area (Å²) in [6.07, 6.45) is 0.970. The minimum atomic E-state index is -0.185. The molecule has 2 heteroatoms. The van der Waals surface area contributed by atoms with Gasteiger partial charge in [0.1, 0.15) is 5.82 Å². The Bertz CT molecular complexity index is 549. The van der Waals surface area contributed by atoms with Gasteiger partial charge in [-0.1, -0.05) is 50.2 Å². The maximum atomic E-state index is 14.0. The first-order valence-corrected chi connectivity index (χ1v) is 7.14. The van der Waals surface area contributed by atoms with Gasteiger partial charge in [0.2, 0.25) is 0 Å². The minimum Gasteiger partial charge on any atom is -0.376 e. The number of hydrogen-bond donors (Lipinski definition) is 1. The van der Waals surface area contributed by atoms with Gasteiger partial charge in [-0.3, -0.25) is 0 Å². The van der Waals surface area contributed by atoms with Crippen LogP contribution >= 0.6 is 0 Å². The first-order chi connectivity index (χ1) is 9.56. The van der Waals surface area contributed by atoms with E-state index in [9.17, 15) is 4.39 Å². The number of benzene rings is 2. The largest absolute Gasteiger partial charge is 0.376 e. The van der Waals surface area contributed by atoms with Gasteiger partial charge in [-0.05, 0) is 42.5 Å². The van der Waals surface area contributed by atoms with E-state index in [1.807, 2.05) is 37.3 Å². The Morgan fingerprint density at radius 3 is 2.35 bits per heavy atom. The molecule has 0 heterocycles. The summed E-state index contributed by atoms with van der Waals surface area (Å²) in [6, 6.07) is 15.7. The van der Waals surface area contributed by atoms with Crippen molar-refractivity contribution in [3.63, 3.8) is 0 Å². The summed E-state index contributed by atoms with van der Waals surface area (Å²) in [6.45, 7) is 6.27. The Balaban J connectivity index is 2.24. The maximum absolute atomic E-state index is 14.0. The first-order valence-electron chi connectivity index (χ1n) is 7.14. The smallest absolute Gasteiger partial charge is 0.146 e. The molecule has 1 N–H and O–H groups in total. The number of halogens is 1. The van der Waals surface area contributed by atoms with Crippen molar-refractivity contribution in [2.24, 2.45) is 5.92 Å². The number of hydrogen-bond acceptors (Lipinski definition) is 1. The summed E-state index contributed by atoms with van der Waals surface area (Å²) in [4.78, 5) is 0. The van der Waals surface area contributed by atoms with Gasteiger partial charge in [0.05, 0.1) is 11.7 Å². The van der Waals surface area contributed by atoms with E-state index in [4.69, 9.17) is 0 Å². The van der Waals surface area contributed by atoms with E-state index in [0.717, 1.165) is 12.0 Å². The number of aryl methyl sites for hydroxylation is 1. The van der Waals surface area contributed by atoms with Gasteiger partial charge < -0.3 is 5.32 Å². The first kappa shape index (κ1) is 14.6. The highest BCUT2D eigenvalue weighted by atomic mass is 19.1. The molecule has 0 aliphatic rings. The molecule has 2 aromatic rings. The lowest BCUT2D eigenvalue weighted by molar-refractivity contribution is 0.527. The molecule has 106 valence electrons. The molecule has 0 fully saturated rings. The summed E-state index contributed by atoms with van der Waals surface area (Å²) < 4.78 is 14.0. The molecule has 0 saturated heterocycles. The van der Waals surface area contributed by atoms with Crippen LogP contribution in [0.15, 0.2) is 48.5 Å². The lowest BCUT2D eigenvalue weighted by Gasteiger charge is -2.22. The SMILES string of the molecule is Cc1ccc(NC(CC(C)C)c2ccccc2)c(F)c1. The van der Waals surface area contributed by atoms with Crippen LogP contribution in [-0.4, -0.2) is 0 Å². The lowest BCUT2D eigenvalue weighted by Crippen LogP contribution is -2.14. The molecule has 0 aliphatic heterocycles. The molecule has 0 aromatic heterocycles. The zero-order chi connectivity index (χ0) is 14.5. The van der Waals surface area contributed by atoms with Crippen LogP contribution in [0.25, 0.3) is 0 Å². The van der Waals surface area contributed by atoms with Crippen LogP contribution in [0.4, 0.5) is 10.1 Å². The zero-order valence-electron chi connectivity index (χ0n) is 12.4. The molecular weight excluding hydrogens is 249 g/mol. The van der Waals surface area contributed by atoms with Crippen LogP contribution < -0.4 is 5.32 Å². The summed E-state index contributed by atoms with van der Waals surface area (Å²) in [5.41, 5.74) is 2.71. The topological polar surface area (TPSA) is 12.0 Å².